The van der Waals surface area contributed by atoms with Crippen LogP contribution in [-0.4, -0.2) is 49.2 Å². The van der Waals surface area contributed by atoms with Crippen molar-refractivity contribution in [1.29, 1.82) is 0 Å². The maximum absolute atomic E-state index is 14.0. The van der Waals surface area contributed by atoms with Gasteiger partial charge >= 0.3 is 0 Å². The molecule has 3 aromatic carbocycles. The summed E-state index contributed by atoms with van der Waals surface area (Å²) < 4.78 is 28.5. The molecule has 0 aliphatic carbocycles. The Bertz CT molecular complexity index is 1450. The average molecular weight is 567 g/mol. The topological polar surface area (TPSA) is 130 Å². The van der Waals surface area contributed by atoms with Crippen molar-refractivity contribution in [2.24, 2.45) is 0 Å². The van der Waals surface area contributed by atoms with Crippen LogP contribution in [0.1, 0.15) is 37.8 Å². The van der Waals surface area contributed by atoms with Gasteiger partial charge in [0.25, 0.3) is 15.7 Å². The van der Waals surface area contributed by atoms with E-state index >= 15 is 0 Å². The van der Waals surface area contributed by atoms with E-state index in [4.69, 9.17) is 0 Å². The number of rotatable bonds is 13. The van der Waals surface area contributed by atoms with Crippen molar-refractivity contribution < 1.29 is 22.9 Å². The quantitative estimate of drug-likeness (QED) is 0.241. The largest absolute Gasteiger partial charge is 0.354 e. The second-order valence-corrected chi connectivity index (χ2v) is 11.2. The molecule has 3 aromatic rings. The van der Waals surface area contributed by atoms with E-state index in [9.17, 15) is 28.1 Å². The third-order valence-electron chi connectivity index (χ3n) is 6.31. The zero-order valence-electron chi connectivity index (χ0n) is 22.8. The Morgan fingerprint density at radius 3 is 2.30 bits per heavy atom. The predicted octanol–water partition coefficient (Wildman–Crippen LogP) is 4.43. The molecule has 10 nitrogen and oxygen atoms in total. The summed E-state index contributed by atoms with van der Waals surface area (Å²) in [6.45, 7) is 5.46. The third kappa shape index (κ3) is 7.44. The van der Waals surface area contributed by atoms with E-state index in [-0.39, 0.29) is 28.7 Å². The predicted molar refractivity (Wildman–Crippen MR) is 153 cm³/mol. The average Bonchev–Trinajstić information content (AvgIpc) is 2.95. The van der Waals surface area contributed by atoms with Gasteiger partial charge in [-0.25, -0.2) is 8.42 Å². The van der Waals surface area contributed by atoms with E-state index in [2.05, 4.69) is 5.32 Å². The summed E-state index contributed by atoms with van der Waals surface area (Å²) in [6, 6.07) is 19.3. The number of benzene rings is 3. The van der Waals surface area contributed by atoms with Crippen LogP contribution in [0.5, 0.6) is 0 Å². The summed E-state index contributed by atoms with van der Waals surface area (Å²) >= 11 is 0. The van der Waals surface area contributed by atoms with Crippen molar-refractivity contribution in [1.82, 2.24) is 10.2 Å². The summed E-state index contributed by atoms with van der Waals surface area (Å²) in [7, 11) is -4.31. The zero-order chi connectivity index (χ0) is 29.3. The van der Waals surface area contributed by atoms with Gasteiger partial charge < -0.3 is 10.2 Å². The van der Waals surface area contributed by atoms with Crippen LogP contribution in [0.3, 0.4) is 0 Å². The molecule has 0 aliphatic rings. The molecule has 40 heavy (non-hydrogen) atoms. The zero-order valence-corrected chi connectivity index (χ0v) is 23.6. The summed E-state index contributed by atoms with van der Waals surface area (Å²) in [6.07, 6.45) is 1.01. The van der Waals surface area contributed by atoms with Gasteiger partial charge in [0, 0.05) is 25.2 Å². The van der Waals surface area contributed by atoms with Crippen LogP contribution in [0.4, 0.5) is 11.4 Å². The number of nitrogens with one attached hydrogen (secondary N) is 1. The third-order valence-corrected chi connectivity index (χ3v) is 8.10. The molecular formula is C29H34N4O6S. The second kappa shape index (κ2) is 13.7. The Morgan fingerprint density at radius 1 is 0.975 bits per heavy atom. The lowest BCUT2D eigenvalue weighted by Crippen LogP contribution is -2.52. The Morgan fingerprint density at radius 2 is 1.68 bits per heavy atom. The van der Waals surface area contributed by atoms with Gasteiger partial charge in [0.05, 0.1) is 15.5 Å². The number of hydrogen-bond acceptors (Lipinski definition) is 6. The molecule has 0 saturated carbocycles. The number of aryl methyl sites for hydroxylation is 1. The minimum atomic E-state index is -4.31. The molecule has 212 valence electrons. The molecule has 1 N–H and O–H groups in total. The Kier molecular flexibility index (Phi) is 10.4. The fourth-order valence-electron chi connectivity index (χ4n) is 4.30. The molecule has 0 spiro atoms. The molecule has 11 heteroatoms. The first-order chi connectivity index (χ1) is 19.1. The fourth-order valence-corrected chi connectivity index (χ4v) is 5.73. The molecule has 1 atom stereocenters. The first kappa shape index (κ1) is 30.3. The van der Waals surface area contributed by atoms with Gasteiger partial charge in [-0.2, -0.15) is 0 Å². The van der Waals surface area contributed by atoms with E-state index in [1.165, 1.54) is 35.2 Å². The standard InChI is InChI=1S/C29H34N4O6S/c1-4-17-30-29(35)27(5-2)31(20-23-12-9-11-22(3)18-23)28(34)21-32(24-13-10-14-25(19-24)33(36)37)40(38,39)26-15-7-6-8-16-26/h6-16,18-19,27H,4-5,17,20-21H2,1-3H3,(H,30,35)/t27-/m0/s1. The first-order valence-electron chi connectivity index (χ1n) is 13.0. The van der Waals surface area contributed by atoms with Crippen molar-refractivity contribution in [2.45, 2.75) is 51.1 Å². The van der Waals surface area contributed by atoms with Gasteiger partial charge in [-0.05, 0) is 43.5 Å². The number of non-ortho nitro benzene ring substituents is 1. The number of anilines is 1. The van der Waals surface area contributed by atoms with Crippen molar-refractivity contribution in [2.75, 3.05) is 17.4 Å². The summed E-state index contributed by atoms with van der Waals surface area (Å²) in [5.41, 5.74) is 1.40. The number of nitrogens with zero attached hydrogens (tertiary/aromatic N) is 3. The van der Waals surface area contributed by atoms with Crippen LogP contribution in [0.25, 0.3) is 0 Å². The van der Waals surface area contributed by atoms with Gasteiger partial charge in [0.15, 0.2) is 0 Å². The summed E-state index contributed by atoms with van der Waals surface area (Å²) in [4.78, 5) is 39.3. The lowest BCUT2D eigenvalue weighted by Gasteiger charge is -2.33. The lowest BCUT2D eigenvalue weighted by atomic mass is 10.1. The number of amides is 2. The minimum Gasteiger partial charge on any atom is -0.354 e. The molecule has 0 saturated heterocycles. The molecule has 3 rings (SSSR count). The van der Waals surface area contributed by atoms with Gasteiger partial charge in [0.1, 0.15) is 12.6 Å². The molecule has 0 aliphatic heterocycles. The van der Waals surface area contributed by atoms with E-state index in [1.54, 1.807) is 25.1 Å². The molecule has 2 amide bonds. The van der Waals surface area contributed by atoms with Crippen LogP contribution in [0.15, 0.2) is 83.8 Å². The summed E-state index contributed by atoms with van der Waals surface area (Å²) in [5.74, 6) is -0.954. The number of nitro groups is 1. The van der Waals surface area contributed by atoms with E-state index in [1.807, 2.05) is 38.1 Å². The van der Waals surface area contributed by atoms with Gasteiger partial charge in [-0.3, -0.25) is 24.0 Å². The van der Waals surface area contributed by atoms with Crippen molar-refractivity contribution in [3.8, 4) is 0 Å². The number of nitro benzene ring substituents is 1. The van der Waals surface area contributed by atoms with Gasteiger partial charge in [-0.15, -0.1) is 0 Å². The highest BCUT2D eigenvalue weighted by atomic mass is 32.2. The number of hydrogen-bond donors (Lipinski definition) is 1. The monoisotopic (exact) mass is 566 g/mol. The van der Waals surface area contributed by atoms with Crippen LogP contribution in [0.2, 0.25) is 0 Å². The second-order valence-electron chi connectivity index (χ2n) is 9.33. The van der Waals surface area contributed by atoms with Crippen LogP contribution in [0, 0.1) is 17.0 Å². The molecule has 0 heterocycles. The number of carbonyl (C=O) groups excluding carboxylic acids is 2. The molecule has 0 fully saturated rings. The SMILES string of the molecule is CCCNC(=O)[C@H](CC)N(Cc1cccc(C)c1)C(=O)CN(c1cccc([N+](=O)[O-])c1)S(=O)(=O)c1ccccc1. The maximum Gasteiger partial charge on any atom is 0.271 e. The Hall–Kier alpha value is -4.25. The lowest BCUT2D eigenvalue weighted by molar-refractivity contribution is -0.384. The highest BCUT2D eigenvalue weighted by Crippen LogP contribution is 2.27. The van der Waals surface area contributed by atoms with Crippen molar-refractivity contribution in [3.63, 3.8) is 0 Å². The van der Waals surface area contributed by atoms with Gasteiger partial charge in [0.2, 0.25) is 11.8 Å². The molecular weight excluding hydrogens is 532 g/mol. The molecule has 0 unspecified atom stereocenters. The highest BCUT2D eigenvalue weighted by Gasteiger charge is 2.34. The van der Waals surface area contributed by atoms with E-state index in [0.717, 1.165) is 21.5 Å². The fraction of sp³-hybridized carbons (Fsp3) is 0.310. The molecule has 0 aromatic heterocycles. The Labute approximate surface area is 234 Å². The first-order valence-corrected chi connectivity index (χ1v) is 14.5. The van der Waals surface area contributed by atoms with Crippen LogP contribution >= 0.6 is 0 Å². The van der Waals surface area contributed by atoms with Crippen LogP contribution in [-0.2, 0) is 26.2 Å². The Balaban J connectivity index is 2.08. The highest BCUT2D eigenvalue weighted by molar-refractivity contribution is 7.92. The smallest absolute Gasteiger partial charge is 0.271 e. The van der Waals surface area contributed by atoms with E-state index < -0.39 is 33.4 Å². The maximum atomic E-state index is 14.0. The minimum absolute atomic E-state index is 0.0367. The van der Waals surface area contributed by atoms with E-state index in [0.29, 0.717) is 19.4 Å². The molecule has 0 bridgehead atoms. The van der Waals surface area contributed by atoms with Gasteiger partial charge in [-0.1, -0.05) is 67.9 Å². The van der Waals surface area contributed by atoms with Crippen LogP contribution < -0.4 is 9.62 Å². The van der Waals surface area contributed by atoms with Crippen molar-refractivity contribution in [3.05, 3.63) is 100 Å². The number of sulfonamides is 1. The summed E-state index contributed by atoms with van der Waals surface area (Å²) in [5, 5.41) is 14.3. The van der Waals surface area contributed by atoms with Crippen molar-refractivity contribution >= 4 is 33.2 Å². The number of carbonyl (C=O) groups is 2. The normalized spacial score (nSPS) is 11.9. The molecule has 0 radical (unpaired) electrons.